The number of ketones is 1. The van der Waals surface area contributed by atoms with Crippen LogP contribution in [0.15, 0.2) is 29.4 Å². The van der Waals surface area contributed by atoms with Gasteiger partial charge in [0.25, 0.3) is 0 Å². The number of carbonyl (C=O) groups is 1. The molecule has 4 rings (SSSR count). The number of rotatable bonds is 6. The Kier molecular flexibility index (Phi) is 5.10. The zero-order valence-electron chi connectivity index (χ0n) is 16.0. The van der Waals surface area contributed by atoms with Crippen LogP contribution in [0.2, 0.25) is 0 Å². The summed E-state index contributed by atoms with van der Waals surface area (Å²) in [6.45, 7) is 7.74. The van der Waals surface area contributed by atoms with Gasteiger partial charge in [0.15, 0.2) is 10.9 Å². The Morgan fingerprint density at radius 1 is 1.33 bits per heavy atom. The van der Waals surface area contributed by atoms with E-state index < -0.39 is 0 Å². The van der Waals surface area contributed by atoms with Crippen LogP contribution in [-0.2, 0) is 11.3 Å². The number of thioether (sulfide) groups is 1. The third-order valence-corrected chi connectivity index (χ3v) is 6.31. The number of hydrogen-bond acceptors (Lipinski definition) is 4. The maximum atomic E-state index is 13.0. The normalized spacial score (nSPS) is 17.1. The lowest BCUT2D eigenvalue weighted by Gasteiger charge is -2.14. The van der Waals surface area contributed by atoms with E-state index in [1.165, 1.54) is 11.8 Å². The summed E-state index contributed by atoms with van der Waals surface area (Å²) in [6.07, 6.45) is 2.47. The second-order valence-electron chi connectivity index (χ2n) is 7.19. The van der Waals surface area contributed by atoms with E-state index in [1.807, 2.05) is 38.1 Å². The quantitative estimate of drug-likeness (QED) is 0.505. The van der Waals surface area contributed by atoms with Gasteiger partial charge < -0.3 is 14.3 Å². The van der Waals surface area contributed by atoms with Crippen molar-refractivity contribution in [2.24, 2.45) is 0 Å². The smallest absolute Gasteiger partial charge is 0.175 e. The molecule has 3 heterocycles. The number of para-hydroxylation sites is 1. The fourth-order valence-electron chi connectivity index (χ4n) is 3.78. The summed E-state index contributed by atoms with van der Waals surface area (Å²) < 4.78 is 8.01. The van der Waals surface area contributed by atoms with Gasteiger partial charge in [-0.2, -0.15) is 0 Å². The van der Waals surface area contributed by atoms with Crippen molar-refractivity contribution < 1.29 is 9.53 Å². The number of H-pyrrole nitrogens is 1. The first-order chi connectivity index (χ1) is 13.0. The molecule has 1 fully saturated rings. The molecule has 0 aliphatic carbocycles. The maximum absolute atomic E-state index is 13.0. The van der Waals surface area contributed by atoms with Crippen molar-refractivity contribution in [3.8, 4) is 0 Å². The molecule has 3 aromatic rings. The number of aryl methyl sites for hydroxylation is 2. The van der Waals surface area contributed by atoms with Crippen molar-refractivity contribution in [2.45, 2.75) is 51.4 Å². The molecule has 1 N–H and O–H groups in total. The zero-order valence-corrected chi connectivity index (χ0v) is 16.9. The summed E-state index contributed by atoms with van der Waals surface area (Å²) in [5.41, 5.74) is 4.91. The van der Waals surface area contributed by atoms with E-state index in [1.54, 1.807) is 0 Å². The summed E-state index contributed by atoms with van der Waals surface area (Å²) in [7, 11) is 0. The van der Waals surface area contributed by atoms with Crippen LogP contribution in [0.4, 0.5) is 0 Å². The molecule has 1 aliphatic heterocycles. The van der Waals surface area contributed by atoms with Crippen LogP contribution >= 0.6 is 11.8 Å². The van der Waals surface area contributed by atoms with Crippen LogP contribution < -0.4 is 0 Å². The molecular weight excluding hydrogens is 358 g/mol. The number of imidazole rings is 1. The number of benzene rings is 1. The van der Waals surface area contributed by atoms with Gasteiger partial charge in [0.05, 0.1) is 24.1 Å². The minimum Gasteiger partial charge on any atom is -0.376 e. The van der Waals surface area contributed by atoms with E-state index in [4.69, 9.17) is 9.72 Å². The molecule has 1 unspecified atom stereocenters. The van der Waals surface area contributed by atoms with Gasteiger partial charge in [-0.1, -0.05) is 30.0 Å². The standard InChI is InChI=1S/C21H25N3O2S/c1-13-15(3)24(11-16-7-6-10-26-16)21(23-13)27-12-19(25)20-14(2)22-18-9-5-4-8-17(18)20/h4-5,8-9,16,22H,6-7,10-12H2,1-3H3. The number of nitrogens with one attached hydrogen (secondary N) is 1. The highest BCUT2D eigenvalue weighted by molar-refractivity contribution is 7.99. The lowest BCUT2D eigenvalue weighted by atomic mass is 10.1. The van der Waals surface area contributed by atoms with E-state index in [0.717, 1.165) is 64.7 Å². The number of Topliss-reactive ketones (excluding diaryl/α,β-unsaturated/α-hetero) is 1. The predicted octanol–water partition coefficient (Wildman–Crippen LogP) is 4.44. The molecule has 1 aromatic carbocycles. The Hall–Kier alpha value is -2.05. The van der Waals surface area contributed by atoms with E-state index >= 15 is 0 Å². The highest BCUT2D eigenvalue weighted by atomic mass is 32.2. The molecule has 2 aromatic heterocycles. The highest BCUT2D eigenvalue weighted by Gasteiger charge is 2.22. The highest BCUT2D eigenvalue weighted by Crippen LogP contribution is 2.27. The number of carbonyl (C=O) groups excluding carboxylic acids is 1. The Balaban J connectivity index is 1.53. The molecule has 0 spiro atoms. The first-order valence-corrected chi connectivity index (χ1v) is 10.4. The number of hydrogen-bond donors (Lipinski definition) is 1. The van der Waals surface area contributed by atoms with Crippen molar-refractivity contribution >= 4 is 28.4 Å². The number of aromatic amines is 1. The molecule has 142 valence electrons. The second kappa shape index (κ2) is 7.52. The molecule has 0 bridgehead atoms. The van der Waals surface area contributed by atoms with Crippen LogP contribution in [0.3, 0.4) is 0 Å². The first-order valence-electron chi connectivity index (χ1n) is 9.43. The number of aromatic nitrogens is 3. The summed E-state index contributed by atoms with van der Waals surface area (Å²) in [6, 6.07) is 7.96. The van der Waals surface area contributed by atoms with Crippen LogP contribution in [-0.4, -0.2) is 38.8 Å². The van der Waals surface area contributed by atoms with Crippen molar-refractivity contribution in [2.75, 3.05) is 12.4 Å². The van der Waals surface area contributed by atoms with Crippen LogP contribution in [0.5, 0.6) is 0 Å². The van der Waals surface area contributed by atoms with Crippen molar-refractivity contribution in [1.82, 2.24) is 14.5 Å². The largest absolute Gasteiger partial charge is 0.376 e. The third kappa shape index (κ3) is 3.56. The Morgan fingerprint density at radius 3 is 2.93 bits per heavy atom. The van der Waals surface area contributed by atoms with Gasteiger partial charge in [-0.25, -0.2) is 4.98 Å². The summed E-state index contributed by atoms with van der Waals surface area (Å²) in [4.78, 5) is 21.0. The van der Waals surface area contributed by atoms with Crippen molar-refractivity contribution in [1.29, 1.82) is 0 Å². The number of ether oxygens (including phenoxy) is 1. The fraction of sp³-hybridized carbons (Fsp3) is 0.429. The molecule has 5 nitrogen and oxygen atoms in total. The molecule has 0 radical (unpaired) electrons. The SMILES string of the molecule is Cc1nc(SCC(=O)c2c(C)[nH]c3ccccc23)n(CC2CCCO2)c1C. The van der Waals surface area contributed by atoms with E-state index in [-0.39, 0.29) is 11.9 Å². The Bertz CT molecular complexity index is 983. The van der Waals surface area contributed by atoms with Crippen molar-refractivity contribution in [3.63, 3.8) is 0 Å². The molecule has 0 amide bonds. The molecule has 1 aliphatic rings. The average molecular weight is 384 g/mol. The van der Waals surface area contributed by atoms with Gasteiger partial charge in [-0.15, -0.1) is 0 Å². The third-order valence-electron chi connectivity index (χ3n) is 5.34. The van der Waals surface area contributed by atoms with Gasteiger partial charge in [-0.3, -0.25) is 4.79 Å². The average Bonchev–Trinajstić information content (AvgIpc) is 3.34. The first kappa shape index (κ1) is 18.3. The van der Waals surface area contributed by atoms with Crippen LogP contribution in [0.25, 0.3) is 10.9 Å². The van der Waals surface area contributed by atoms with E-state index in [2.05, 4.69) is 16.5 Å². The van der Waals surface area contributed by atoms with E-state index in [0.29, 0.717) is 5.75 Å². The maximum Gasteiger partial charge on any atom is 0.175 e. The van der Waals surface area contributed by atoms with Crippen LogP contribution in [0, 0.1) is 20.8 Å². The molecule has 1 atom stereocenters. The summed E-state index contributed by atoms with van der Waals surface area (Å²) in [5.74, 6) is 0.515. The van der Waals surface area contributed by atoms with Crippen LogP contribution in [0.1, 0.15) is 40.3 Å². The predicted molar refractivity (Wildman–Crippen MR) is 109 cm³/mol. The van der Waals surface area contributed by atoms with Gasteiger partial charge in [0, 0.05) is 34.5 Å². The van der Waals surface area contributed by atoms with Gasteiger partial charge in [0.1, 0.15) is 0 Å². The minimum atomic E-state index is 0.136. The number of fused-ring (bicyclic) bond motifs is 1. The second-order valence-corrected chi connectivity index (χ2v) is 8.14. The molecule has 0 saturated carbocycles. The summed E-state index contributed by atoms with van der Waals surface area (Å²) in [5, 5.41) is 1.90. The Morgan fingerprint density at radius 2 is 2.15 bits per heavy atom. The summed E-state index contributed by atoms with van der Waals surface area (Å²) >= 11 is 1.52. The Labute approximate surface area is 163 Å². The lowest BCUT2D eigenvalue weighted by Crippen LogP contribution is -2.17. The number of nitrogens with zero attached hydrogens (tertiary/aromatic N) is 2. The van der Waals surface area contributed by atoms with Gasteiger partial charge in [0.2, 0.25) is 0 Å². The monoisotopic (exact) mass is 383 g/mol. The lowest BCUT2D eigenvalue weighted by molar-refractivity contribution is 0.0945. The van der Waals surface area contributed by atoms with Gasteiger partial charge in [-0.05, 0) is 39.7 Å². The molecule has 6 heteroatoms. The molecular formula is C21H25N3O2S. The van der Waals surface area contributed by atoms with E-state index in [9.17, 15) is 4.79 Å². The minimum absolute atomic E-state index is 0.136. The molecule has 27 heavy (non-hydrogen) atoms. The van der Waals surface area contributed by atoms with Crippen molar-refractivity contribution in [3.05, 3.63) is 46.9 Å². The fourth-order valence-corrected chi connectivity index (χ4v) is 4.75. The topological polar surface area (TPSA) is 59.9 Å². The molecule has 1 saturated heterocycles. The van der Waals surface area contributed by atoms with Gasteiger partial charge >= 0.3 is 0 Å². The zero-order chi connectivity index (χ0) is 19.0.